The molecular weight excluding hydrogens is 431 g/mol. The summed E-state index contributed by atoms with van der Waals surface area (Å²) in [7, 11) is 0. The first-order valence-electron chi connectivity index (χ1n) is 10.3. The van der Waals surface area contributed by atoms with Crippen molar-refractivity contribution in [3.05, 3.63) is 72.8 Å². The van der Waals surface area contributed by atoms with Crippen LogP contribution in [0.15, 0.2) is 72.8 Å². The zero-order valence-electron chi connectivity index (χ0n) is 16.9. The van der Waals surface area contributed by atoms with E-state index < -0.39 is 16.2 Å². The Morgan fingerprint density at radius 1 is 0.871 bits per heavy atom. The number of esters is 1. The molecule has 0 unspecified atom stereocenters. The molecule has 0 N–H and O–H groups in total. The summed E-state index contributed by atoms with van der Waals surface area (Å²) in [5.74, 6) is 0.274. The molecule has 0 heterocycles. The number of carbonyl (C=O) groups is 1. The highest BCUT2D eigenvalue weighted by Crippen LogP contribution is 2.54. The second-order valence-corrected chi connectivity index (χ2v) is 9.23. The Kier molecular flexibility index (Phi) is 5.04. The van der Waals surface area contributed by atoms with Gasteiger partial charge in [0.05, 0.1) is 12.5 Å². The number of hydrogen-bond acceptors (Lipinski definition) is 3. The first-order chi connectivity index (χ1) is 15.0. The van der Waals surface area contributed by atoms with Crippen LogP contribution in [0.1, 0.15) is 13.3 Å². The number of benzene rings is 4. The van der Waals surface area contributed by atoms with E-state index in [4.69, 9.17) is 32.7 Å². The lowest BCUT2D eigenvalue weighted by Crippen LogP contribution is -2.14. The van der Waals surface area contributed by atoms with Gasteiger partial charge in [-0.3, -0.25) is 4.79 Å². The SMILES string of the molecule is CCOc1ccc2ccccc2c1-c1c(OC(=O)[C@@H]2CC2(Cl)Cl)ccc2ccccc12. The minimum absolute atomic E-state index is 0.399. The molecule has 1 saturated carbocycles. The van der Waals surface area contributed by atoms with Gasteiger partial charge >= 0.3 is 5.97 Å². The van der Waals surface area contributed by atoms with Crippen LogP contribution < -0.4 is 9.47 Å². The van der Waals surface area contributed by atoms with Gasteiger partial charge < -0.3 is 9.47 Å². The van der Waals surface area contributed by atoms with Crippen molar-refractivity contribution in [2.24, 2.45) is 5.92 Å². The summed E-state index contributed by atoms with van der Waals surface area (Å²) in [4.78, 5) is 12.8. The summed E-state index contributed by atoms with van der Waals surface area (Å²) in [6.07, 6.45) is 0.399. The molecule has 1 aliphatic rings. The van der Waals surface area contributed by atoms with Gasteiger partial charge in [0.2, 0.25) is 0 Å². The molecule has 1 aliphatic carbocycles. The number of hydrogen-bond donors (Lipinski definition) is 0. The van der Waals surface area contributed by atoms with E-state index in [-0.39, 0.29) is 0 Å². The van der Waals surface area contributed by atoms with Crippen LogP contribution in [0, 0.1) is 5.92 Å². The van der Waals surface area contributed by atoms with Crippen molar-refractivity contribution in [2.75, 3.05) is 6.61 Å². The van der Waals surface area contributed by atoms with E-state index in [1.165, 1.54) is 0 Å². The molecule has 4 aromatic carbocycles. The summed E-state index contributed by atoms with van der Waals surface area (Å²) in [5.41, 5.74) is 1.72. The molecule has 1 atom stereocenters. The molecule has 5 heteroatoms. The topological polar surface area (TPSA) is 35.5 Å². The molecule has 0 saturated heterocycles. The molecule has 0 aliphatic heterocycles. The molecule has 0 spiro atoms. The zero-order chi connectivity index (χ0) is 21.6. The second-order valence-electron chi connectivity index (χ2n) is 7.69. The van der Waals surface area contributed by atoms with E-state index in [1.807, 2.05) is 67.6 Å². The van der Waals surface area contributed by atoms with E-state index in [0.717, 1.165) is 38.4 Å². The lowest BCUT2D eigenvalue weighted by Gasteiger charge is -2.19. The van der Waals surface area contributed by atoms with Crippen molar-refractivity contribution in [2.45, 2.75) is 17.7 Å². The van der Waals surface area contributed by atoms with Crippen molar-refractivity contribution >= 4 is 50.7 Å². The number of ether oxygens (including phenoxy) is 2. The molecular formula is C26H20Cl2O3. The highest BCUT2D eigenvalue weighted by atomic mass is 35.5. The first kappa shape index (κ1) is 20.2. The summed E-state index contributed by atoms with van der Waals surface area (Å²) < 4.78 is 10.9. The number of halogens is 2. The van der Waals surface area contributed by atoms with Crippen LogP contribution in [0.5, 0.6) is 11.5 Å². The standard InChI is InChI=1S/C26H20Cl2O3/c1-2-30-21-13-11-16-7-3-5-9-18(16)23(21)24-19-10-6-4-8-17(19)12-14-22(24)31-25(29)20-15-26(20,27)28/h3-14,20H,2,15H2,1H3/t20-/m0/s1. The average molecular weight is 451 g/mol. The average Bonchev–Trinajstić information content (AvgIpc) is 3.42. The molecule has 3 nitrogen and oxygen atoms in total. The molecule has 0 radical (unpaired) electrons. The molecule has 0 amide bonds. The van der Waals surface area contributed by atoms with Crippen LogP contribution in [-0.2, 0) is 4.79 Å². The van der Waals surface area contributed by atoms with Crippen LogP contribution in [0.4, 0.5) is 0 Å². The van der Waals surface area contributed by atoms with Gasteiger partial charge in [-0.1, -0.05) is 60.7 Å². The summed E-state index contributed by atoms with van der Waals surface area (Å²) >= 11 is 12.2. The predicted octanol–water partition coefficient (Wildman–Crippen LogP) is 7.16. The highest BCUT2D eigenvalue weighted by Gasteiger charge is 2.57. The Morgan fingerprint density at radius 2 is 1.39 bits per heavy atom. The Balaban J connectivity index is 1.78. The van der Waals surface area contributed by atoms with Crippen molar-refractivity contribution in [3.8, 4) is 22.6 Å². The monoisotopic (exact) mass is 450 g/mol. The largest absolute Gasteiger partial charge is 0.493 e. The lowest BCUT2D eigenvalue weighted by molar-refractivity contribution is -0.135. The van der Waals surface area contributed by atoms with Crippen molar-refractivity contribution in [3.63, 3.8) is 0 Å². The first-order valence-corrected chi connectivity index (χ1v) is 11.0. The molecule has 5 rings (SSSR count). The molecule has 156 valence electrons. The highest BCUT2D eigenvalue weighted by molar-refractivity contribution is 6.52. The molecule has 1 fully saturated rings. The Bertz CT molecular complexity index is 1310. The quantitative estimate of drug-likeness (QED) is 0.184. The molecule has 4 aromatic rings. The van der Waals surface area contributed by atoms with E-state index in [9.17, 15) is 4.79 Å². The lowest BCUT2D eigenvalue weighted by atomic mass is 9.92. The molecule has 31 heavy (non-hydrogen) atoms. The number of rotatable bonds is 5. The second kappa shape index (κ2) is 7.74. The summed E-state index contributed by atoms with van der Waals surface area (Å²) in [6, 6.07) is 24.0. The van der Waals surface area contributed by atoms with E-state index in [2.05, 4.69) is 12.1 Å². The minimum Gasteiger partial charge on any atom is -0.493 e. The Hall–Kier alpha value is -2.75. The predicted molar refractivity (Wildman–Crippen MR) is 126 cm³/mol. The summed E-state index contributed by atoms with van der Waals surface area (Å²) in [6.45, 7) is 2.48. The zero-order valence-corrected chi connectivity index (χ0v) is 18.4. The Labute approximate surface area is 190 Å². The van der Waals surface area contributed by atoms with Crippen LogP contribution >= 0.6 is 23.2 Å². The molecule has 0 aromatic heterocycles. The maximum atomic E-state index is 12.8. The third-order valence-corrected chi connectivity index (χ3v) is 6.49. The maximum absolute atomic E-state index is 12.8. The maximum Gasteiger partial charge on any atom is 0.317 e. The fraction of sp³-hybridized carbons (Fsp3) is 0.192. The van der Waals surface area contributed by atoms with Crippen LogP contribution in [0.3, 0.4) is 0 Å². The van der Waals surface area contributed by atoms with E-state index in [1.54, 1.807) is 0 Å². The minimum atomic E-state index is -1.04. The third-order valence-electron chi connectivity index (χ3n) is 5.65. The van der Waals surface area contributed by atoms with Gasteiger partial charge in [-0.05, 0) is 47.0 Å². The normalized spacial score (nSPS) is 16.9. The Morgan fingerprint density at radius 3 is 1.94 bits per heavy atom. The van der Waals surface area contributed by atoms with Gasteiger partial charge in [0.15, 0.2) is 0 Å². The fourth-order valence-corrected chi connectivity index (χ4v) is 4.51. The molecule has 0 bridgehead atoms. The fourth-order valence-electron chi connectivity index (χ4n) is 4.03. The van der Waals surface area contributed by atoms with Crippen molar-refractivity contribution in [1.82, 2.24) is 0 Å². The van der Waals surface area contributed by atoms with Crippen LogP contribution in [-0.4, -0.2) is 16.9 Å². The van der Waals surface area contributed by atoms with Crippen LogP contribution in [0.25, 0.3) is 32.7 Å². The van der Waals surface area contributed by atoms with Crippen LogP contribution in [0.2, 0.25) is 0 Å². The van der Waals surface area contributed by atoms with E-state index >= 15 is 0 Å². The summed E-state index contributed by atoms with van der Waals surface area (Å²) in [5, 5.41) is 4.12. The smallest absolute Gasteiger partial charge is 0.317 e. The number of fused-ring (bicyclic) bond motifs is 2. The van der Waals surface area contributed by atoms with E-state index in [0.29, 0.717) is 18.8 Å². The third kappa shape index (κ3) is 3.62. The van der Waals surface area contributed by atoms with Gasteiger partial charge in [0.25, 0.3) is 0 Å². The van der Waals surface area contributed by atoms with Gasteiger partial charge in [0.1, 0.15) is 15.8 Å². The van der Waals surface area contributed by atoms with Gasteiger partial charge in [-0.15, -0.1) is 23.2 Å². The van der Waals surface area contributed by atoms with Gasteiger partial charge in [-0.25, -0.2) is 0 Å². The number of alkyl halides is 2. The van der Waals surface area contributed by atoms with Gasteiger partial charge in [-0.2, -0.15) is 0 Å². The van der Waals surface area contributed by atoms with Gasteiger partial charge in [0, 0.05) is 11.1 Å². The number of carbonyl (C=O) groups excluding carboxylic acids is 1. The van der Waals surface area contributed by atoms with Crippen molar-refractivity contribution in [1.29, 1.82) is 0 Å². The van der Waals surface area contributed by atoms with Crippen molar-refractivity contribution < 1.29 is 14.3 Å².